The van der Waals surface area contributed by atoms with E-state index in [0.29, 0.717) is 23.8 Å². The van der Waals surface area contributed by atoms with Crippen molar-refractivity contribution in [3.05, 3.63) is 65.2 Å². The molecule has 116 valence electrons. The van der Waals surface area contributed by atoms with Gasteiger partial charge in [0.2, 0.25) is 5.82 Å². The number of nitrogens with zero attached hydrogens (tertiary/aromatic N) is 3. The van der Waals surface area contributed by atoms with E-state index in [4.69, 9.17) is 4.74 Å². The standard InChI is InChI=1S/C18H17N3O2/c1-12(2)11-23-15-6-4-14(5-7-15)17-18(20-22)21-9-8-13(3)10-16(21)19-17/h4-10H,1,11H2,2-3H3. The maximum absolute atomic E-state index is 11.3. The van der Waals surface area contributed by atoms with Crippen LogP contribution in [0.2, 0.25) is 0 Å². The molecular formula is C18H17N3O2. The van der Waals surface area contributed by atoms with Crippen LogP contribution in [0.25, 0.3) is 16.9 Å². The van der Waals surface area contributed by atoms with Gasteiger partial charge in [-0.25, -0.2) is 4.98 Å². The molecule has 0 unspecified atom stereocenters. The lowest BCUT2D eigenvalue weighted by Crippen LogP contribution is -1.97. The van der Waals surface area contributed by atoms with Crippen LogP contribution in [-0.2, 0) is 0 Å². The highest BCUT2D eigenvalue weighted by Gasteiger charge is 2.14. The summed E-state index contributed by atoms with van der Waals surface area (Å²) >= 11 is 0. The van der Waals surface area contributed by atoms with Crippen molar-refractivity contribution in [2.24, 2.45) is 5.18 Å². The molecule has 2 aromatic heterocycles. The largest absolute Gasteiger partial charge is 0.489 e. The lowest BCUT2D eigenvalue weighted by Gasteiger charge is -2.06. The van der Waals surface area contributed by atoms with Gasteiger partial charge in [-0.2, -0.15) is 0 Å². The smallest absolute Gasteiger partial charge is 0.209 e. The summed E-state index contributed by atoms with van der Waals surface area (Å²) in [5.41, 5.74) is 4.13. The van der Waals surface area contributed by atoms with Crippen LogP contribution >= 0.6 is 0 Å². The monoisotopic (exact) mass is 307 g/mol. The fraction of sp³-hybridized carbons (Fsp3) is 0.167. The number of fused-ring (bicyclic) bond motifs is 1. The van der Waals surface area contributed by atoms with E-state index in [-0.39, 0.29) is 0 Å². The molecule has 2 heterocycles. The molecule has 0 N–H and O–H groups in total. The summed E-state index contributed by atoms with van der Waals surface area (Å²) in [4.78, 5) is 15.8. The van der Waals surface area contributed by atoms with Gasteiger partial charge in [-0.3, -0.25) is 4.40 Å². The van der Waals surface area contributed by atoms with Crippen molar-refractivity contribution in [2.75, 3.05) is 6.61 Å². The zero-order valence-corrected chi connectivity index (χ0v) is 13.1. The van der Waals surface area contributed by atoms with Crippen LogP contribution in [0.5, 0.6) is 5.75 Å². The Labute approximate surface area is 134 Å². The van der Waals surface area contributed by atoms with Crippen molar-refractivity contribution >= 4 is 11.5 Å². The Balaban J connectivity index is 1.99. The minimum Gasteiger partial charge on any atom is -0.489 e. The topological polar surface area (TPSA) is 56.0 Å². The van der Waals surface area contributed by atoms with Gasteiger partial charge < -0.3 is 4.74 Å². The first-order chi connectivity index (χ1) is 11.1. The van der Waals surface area contributed by atoms with Gasteiger partial charge in [0.1, 0.15) is 23.7 Å². The number of hydrogen-bond donors (Lipinski definition) is 0. The number of benzene rings is 1. The van der Waals surface area contributed by atoms with E-state index in [2.05, 4.69) is 16.7 Å². The van der Waals surface area contributed by atoms with E-state index in [1.165, 1.54) is 0 Å². The van der Waals surface area contributed by atoms with Gasteiger partial charge >= 0.3 is 0 Å². The second kappa shape index (κ2) is 6.04. The number of imidazole rings is 1. The molecule has 0 bridgehead atoms. The fourth-order valence-corrected chi connectivity index (χ4v) is 2.33. The highest BCUT2D eigenvalue weighted by atomic mass is 16.5. The van der Waals surface area contributed by atoms with Crippen LogP contribution in [0.15, 0.2) is 59.9 Å². The van der Waals surface area contributed by atoms with Crippen molar-refractivity contribution < 1.29 is 4.74 Å². The second-order valence-electron chi connectivity index (χ2n) is 5.58. The van der Waals surface area contributed by atoms with E-state index in [9.17, 15) is 4.91 Å². The molecule has 5 nitrogen and oxygen atoms in total. The van der Waals surface area contributed by atoms with E-state index in [1.807, 2.05) is 56.4 Å². The zero-order chi connectivity index (χ0) is 16.4. The summed E-state index contributed by atoms with van der Waals surface area (Å²) < 4.78 is 7.27. The predicted octanol–water partition coefficient (Wildman–Crippen LogP) is 4.66. The molecule has 1 aromatic carbocycles. The lowest BCUT2D eigenvalue weighted by atomic mass is 10.1. The number of ether oxygens (including phenoxy) is 1. The van der Waals surface area contributed by atoms with Gasteiger partial charge in [-0.15, -0.1) is 4.91 Å². The molecule has 0 aliphatic carbocycles. The molecule has 0 atom stereocenters. The molecule has 0 aliphatic rings. The van der Waals surface area contributed by atoms with Crippen LogP contribution in [-0.4, -0.2) is 16.0 Å². The van der Waals surface area contributed by atoms with Crippen LogP contribution in [0, 0.1) is 11.8 Å². The Morgan fingerprint density at radius 1 is 1.30 bits per heavy atom. The minimum atomic E-state index is 0.301. The maximum Gasteiger partial charge on any atom is 0.209 e. The summed E-state index contributed by atoms with van der Waals surface area (Å²) in [7, 11) is 0. The molecule has 0 saturated carbocycles. The Hall–Kier alpha value is -2.95. The first-order valence-electron chi connectivity index (χ1n) is 7.28. The number of rotatable bonds is 5. The first-order valence-corrected chi connectivity index (χ1v) is 7.28. The van der Waals surface area contributed by atoms with Crippen molar-refractivity contribution in [1.29, 1.82) is 0 Å². The maximum atomic E-state index is 11.3. The number of aromatic nitrogens is 2. The first kappa shape index (κ1) is 15.0. The van der Waals surface area contributed by atoms with Crippen LogP contribution < -0.4 is 4.74 Å². The summed E-state index contributed by atoms with van der Waals surface area (Å²) in [6.07, 6.45) is 1.81. The van der Waals surface area contributed by atoms with E-state index >= 15 is 0 Å². The molecule has 23 heavy (non-hydrogen) atoms. The fourth-order valence-electron chi connectivity index (χ4n) is 2.33. The third-order valence-electron chi connectivity index (χ3n) is 3.46. The molecule has 3 aromatic rings. The summed E-state index contributed by atoms with van der Waals surface area (Å²) in [6.45, 7) is 8.18. The molecule has 0 aliphatic heterocycles. The quantitative estimate of drug-likeness (QED) is 0.508. The molecule has 5 heteroatoms. The van der Waals surface area contributed by atoms with E-state index < -0.39 is 0 Å². The van der Waals surface area contributed by atoms with Crippen molar-refractivity contribution in [3.8, 4) is 17.0 Å². The molecule has 0 fully saturated rings. The van der Waals surface area contributed by atoms with Crippen molar-refractivity contribution in [2.45, 2.75) is 13.8 Å². The highest BCUT2D eigenvalue weighted by Crippen LogP contribution is 2.32. The molecule has 0 radical (unpaired) electrons. The van der Waals surface area contributed by atoms with Gasteiger partial charge in [0, 0.05) is 11.8 Å². The SMILES string of the molecule is C=C(C)COc1ccc(-c2nc3cc(C)ccn3c2N=O)cc1. The average Bonchev–Trinajstić information content (AvgIpc) is 2.90. The van der Waals surface area contributed by atoms with Crippen molar-refractivity contribution in [3.63, 3.8) is 0 Å². The van der Waals surface area contributed by atoms with Crippen LogP contribution in [0.3, 0.4) is 0 Å². The normalized spacial score (nSPS) is 10.7. The summed E-state index contributed by atoms with van der Waals surface area (Å²) in [5.74, 6) is 1.05. The number of hydrogen-bond acceptors (Lipinski definition) is 4. The zero-order valence-electron chi connectivity index (χ0n) is 13.1. The Morgan fingerprint density at radius 3 is 2.70 bits per heavy atom. The van der Waals surface area contributed by atoms with Gasteiger partial charge in [-0.05, 0) is 66.6 Å². The van der Waals surface area contributed by atoms with E-state index in [1.54, 1.807) is 4.40 Å². The Morgan fingerprint density at radius 2 is 2.04 bits per heavy atom. The Bertz CT molecular complexity index is 879. The molecule has 0 saturated heterocycles. The molecule has 0 spiro atoms. The number of nitroso groups, excluding NO2 is 1. The average molecular weight is 307 g/mol. The van der Waals surface area contributed by atoms with Gasteiger partial charge in [-0.1, -0.05) is 6.58 Å². The lowest BCUT2D eigenvalue weighted by molar-refractivity contribution is 0.353. The van der Waals surface area contributed by atoms with Gasteiger partial charge in [0.15, 0.2) is 0 Å². The van der Waals surface area contributed by atoms with Gasteiger partial charge in [0.05, 0.1) is 0 Å². The van der Waals surface area contributed by atoms with Crippen molar-refractivity contribution in [1.82, 2.24) is 9.38 Å². The predicted molar refractivity (Wildman–Crippen MR) is 91.1 cm³/mol. The minimum absolute atomic E-state index is 0.301. The third kappa shape index (κ3) is 2.99. The summed E-state index contributed by atoms with van der Waals surface area (Å²) in [5, 5.41) is 3.15. The van der Waals surface area contributed by atoms with Crippen LogP contribution in [0.1, 0.15) is 12.5 Å². The molecule has 3 rings (SSSR count). The summed E-state index contributed by atoms with van der Waals surface area (Å²) in [6, 6.07) is 11.3. The molecule has 0 amide bonds. The van der Waals surface area contributed by atoms with E-state index in [0.717, 1.165) is 22.4 Å². The highest BCUT2D eigenvalue weighted by molar-refractivity contribution is 5.75. The number of pyridine rings is 1. The number of aryl methyl sites for hydroxylation is 1. The van der Waals surface area contributed by atoms with Crippen LogP contribution in [0.4, 0.5) is 5.82 Å². The Kier molecular flexibility index (Phi) is 3.93. The third-order valence-corrected chi connectivity index (χ3v) is 3.46. The van der Waals surface area contributed by atoms with Gasteiger partial charge in [0.25, 0.3) is 0 Å². The molecular weight excluding hydrogens is 290 g/mol. The second-order valence-corrected chi connectivity index (χ2v) is 5.58.